The van der Waals surface area contributed by atoms with Crippen molar-refractivity contribution in [2.75, 3.05) is 19.7 Å². The summed E-state index contributed by atoms with van der Waals surface area (Å²) in [5.74, 6) is 0. The quantitative estimate of drug-likeness (QED) is 0.631. The van der Waals surface area contributed by atoms with Crippen LogP contribution >= 0.6 is 0 Å². The van der Waals surface area contributed by atoms with Crippen LogP contribution in [-0.4, -0.2) is 57.5 Å². The van der Waals surface area contributed by atoms with Crippen LogP contribution in [-0.2, 0) is 11.3 Å². The maximum atomic E-state index is 10.2. The van der Waals surface area contributed by atoms with Gasteiger partial charge in [0, 0.05) is 38.5 Å². The van der Waals surface area contributed by atoms with Gasteiger partial charge in [0.1, 0.15) is 5.60 Å². The third kappa shape index (κ3) is 3.29. The number of aliphatic hydroxyl groups is 2. The summed E-state index contributed by atoms with van der Waals surface area (Å²) < 4.78 is 7.03. The van der Waals surface area contributed by atoms with Crippen LogP contribution in [0.25, 0.3) is 0 Å². The highest BCUT2D eigenvalue weighted by Gasteiger charge is 2.39. The minimum atomic E-state index is -0.814. The van der Waals surface area contributed by atoms with Crippen LogP contribution in [0.1, 0.15) is 13.3 Å². The number of aromatic nitrogens is 2. The van der Waals surface area contributed by atoms with Crippen molar-refractivity contribution in [3.63, 3.8) is 0 Å². The summed E-state index contributed by atoms with van der Waals surface area (Å²) in [4.78, 5) is 0. The van der Waals surface area contributed by atoms with E-state index in [9.17, 15) is 10.2 Å². The lowest BCUT2D eigenvalue weighted by atomic mass is 9.97. The molecular weight excluding hydrogens is 234 g/mol. The zero-order chi connectivity index (χ0) is 13.0. The van der Waals surface area contributed by atoms with E-state index in [1.807, 2.05) is 19.2 Å². The molecule has 3 unspecified atom stereocenters. The van der Waals surface area contributed by atoms with E-state index in [-0.39, 0.29) is 6.10 Å². The molecule has 0 saturated carbocycles. The van der Waals surface area contributed by atoms with E-state index >= 15 is 0 Å². The molecular formula is C12H21N3O3. The van der Waals surface area contributed by atoms with E-state index in [1.54, 1.807) is 10.9 Å². The topological polar surface area (TPSA) is 79.5 Å². The Hall–Kier alpha value is -0.950. The fraction of sp³-hybridized carbons (Fsp3) is 0.750. The average molecular weight is 255 g/mol. The Balaban J connectivity index is 1.68. The monoisotopic (exact) mass is 255 g/mol. The van der Waals surface area contributed by atoms with Gasteiger partial charge in [-0.15, -0.1) is 0 Å². The molecule has 0 aromatic carbocycles. The summed E-state index contributed by atoms with van der Waals surface area (Å²) in [6.45, 7) is 3.77. The van der Waals surface area contributed by atoms with Gasteiger partial charge in [-0.1, -0.05) is 0 Å². The molecule has 6 heteroatoms. The summed E-state index contributed by atoms with van der Waals surface area (Å²) in [5, 5.41) is 27.2. The zero-order valence-electron chi connectivity index (χ0n) is 10.6. The Morgan fingerprint density at radius 3 is 3.11 bits per heavy atom. The third-order valence-electron chi connectivity index (χ3n) is 3.43. The highest BCUT2D eigenvalue weighted by molar-refractivity contribution is 4.91. The summed E-state index contributed by atoms with van der Waals surface area (Å²) in [6.07, 6.45) is 3.44. The molecule has 1 fully saturated rings. The molecule has 1 aliphatic rings. The first kappa shape index (κ1) is 13.5. The fourth-order valence-electron chi connectivity index (χ4n) is 2.15. The highest BCUT2D eigenvalue weighted by Crippen LogP contribution is 2.24. The van der Waals surface area contributed by atoms with Gasteiger partial charge in [-0.25, -0.2) is 0 Å². The predicted molar refractivity (Wildman–Crippen MR) is 66.1 cm³/mol. The van der Waals surface area contributed by atoms with Crippen molar-refractivity contribution in [1.29, 1.82) is 0 Å². The lowest BCUT2D eigenvalue weighted by molar-refractivity contribution is -0.0276. The van der Waals surface area contributed by atoms with E-state index in [0.29, 0.717) is 32.7 Å². The van der Waals surface area contributed by atoms with Gasteiger partial charge in [0.15, 0.2) is 0 Å². The van der Waals surface area contributed by atoms with E-state index in [1.165, 1.54) is 0 Å². The molecule has 3 N–H and O–H groups in total. The van der Waals surface area contributed by atoms with Crippen molar-refractivity contribution >= 4 is 0 Å². The number of hydrogen-bond acceptors (Lipinski definition) is 5. The van der Waals surface area contributed by atoms with E-state index in [4.69, 9.17) is 4.74 Å². The van der Waals surface area contributed by atoms with Gasteiger partial charge in [-0.3, -0.25) is 4.68 Å². The summed E-state index contributed by atoms with van der Waals surface area (Å²) >= 11 is 0. The number of aliphatic hydroxyl groups excluding tert-OH is 1. The zero-order valence-corrected chi connectivity index (χ0v) is 10.6. The molecule has 0 spiro atoms. The minimum absolute atomic E-state index is 0.159. The van der Waals surface area contributed by atoms with Crippen LogP contribution in [0.3, 0.4) is 0 Å². The Bertz CT molecular complexity index is 357. The smallest absolute Gasteiger partial charge is 0.105 e. The minimum Gasteiger partial charge on any atom is -0.390 e. The highest BCUT2D eigenvalue weighted by atomic mass is 16.5. The van der Waals surface area contributed by atoms with Crippen LogP contribution in [0, 0.1) is 0 Å². The molecule has 6 nitrogen and oxygen atoms in total. The number of ether oxygens (including phenoxy) is 1. The first-order valence-electron chi connectivity index (χ1n) is 6.30. The second-order valence-electron chi connectivity index (χ2n) is 4.88. The van der Waals surface area contributed by atoms with Gasteiger partial charge in [0.25, 0.3) is 0 Å². The number of nitrogens with zero attached hydrogens (tertiary/aromatic N) is 2. The fourth-order valence-corrected chi connectivity index (χ4v) is 2.15. The van der Waals surface area contributed by atoms with Crippen molar-refractivity contribution in [2.24, 2.45) is 0 Å². The van der Waals surface area contributed by atoms with Crippen LogP contribution in [0.5, 0.6) is 0 Å². The maximum Gasteiger partial charge on any atom is 0.105 e. The van der Waals surface area contributed by atoms with Gasteiger partial charge in [-0.2, -0.15) is 5.10 Å². The normalized spacial score (nSPS) is 29.6. The Kier molecular flexibility index (Phi) is 4.34. The van der Waals surface area contributed by atoms with Crippen LogP contribution in [0.4, 0.5) is 0 Å². The molecule has 2 rings (SSSR count). The molecule has 0 bridgehead atoms. The number of rotatable bonds is 6. The molecule has 1 aromatic heterocycles. The number of nitrogens with one attached hydrogen (secondary N) is 1. The summed E-state index contributed by atoms with van der Waals surface area (Å²) in [7, 11) is 0. The van der Waals surface area contributed by atoms with Crippen molar-refractivity contribution in [3.05, 3.63) is 18.5 Å². The van der Waals surface area contributed by atoms with Crippen molar-refractivity contribution < 1.29 is 14.9 Å². The molecule has 0 amide bonds. The molecule has 1 saturated heterocycles. The summed E-state index contributed by atoms with van der Waals surface area (Å²) in [6, 6.07) is 1.82. The molecule has 1 aromatic rings. The van der Waals surface area contributed by atoms with Crippen LogP contribution < -0.4 is 5.32 Å². The van der Waals surface area contributed by atoms with Gasteiger partial charge in [0.05, 0.1) is 18.8 Å². The lowest BCUT2D eigenvalue weighted by Gasteiger charge is -2.26. The SMILES string of the molecule is CC1OCCC1(O)CNCC(O)Cn1cccn1. The number of hydrogen-bond donors (Lipinski definition) is 3. The molecule has 0 aliphatic carbocycles. The Morgan fingerprint density at radius 2 is 2.50 bits per heavy atom. The first-order valence-corrected chi connectivity index (χ1v) is 6.30. The van der Waals surface area contributed by atoms with E-state index in [2.05, 4.69) is 10.4 Å². The largest absolute Gasteiger partial charge is 0.390 e. The Labute approximate surface area is 107 Å². The summed E-state index contributed by atoms with van der Waals surface area (Å²) in [5.41, 5.74) is -0.814. The van der Waals surface area contributed by atoms with Gasteiger partial charge < -0.3 is 20.3 Å². The van der Waals surface area contributed by atoms with E-state index in [0.717, 1.165) is 0 Å². The van der Waals surface area contributed by atoms with Crippen molar-refractivity contribution in [3.8, 4) is 0 Å². The third-order valence-corrected chi connectivity index (χ3v) is 3.43. The molecule has 1 aliphatic heterocycles. The first-order chi connectivity index (χ1) is 8.60. The van der Waals surface area contributed by atoms with Gasteiger partial charge in [0.2, 0.25) is 0 Å². The van der Waals surface area contributed by atoms with Gasteiger partial charge >= 0.3 is 0 Å². The second kappa shape index (κ2) is 5.79. The maximum absolute atomic E-state index is 10.2. The molecule has 18 heavy (non-hydrogen) atoms. The average Bonchev–Trinajstić information content (AvgIpc) is 2.91. The Morgan fingerprint density at radius 1 is 1.67 bits per heavy atom. The molecule has 2 heterocycles. The molecule has 102 valence electrons. The van der Waals surface area contributed by atoms with Crippen LogP contribution in [0.15, 0.2) is 18.5 Å². The predicted octanol–water partition coefficient (Wildman–Crippen LogP) is -0.626. The van der Waals surface area contributed by atoms with Gasteiger partial charge in [-0.05, 0) is 13.0 Å². The van der Waals surface area contributed by atoms with Crippen LogP contribution in [0.2, 0.25) is 0 Å². The van der Waals surface area contributed by atoms with E-state index < -0.39 is 11.7 Å². The molecule has 0 radical (unpaired) electrons. The lowest BCUT2D eigenvalue weighted by Crippen LogP contribution is -2.47. The second-order valence-corrected chi connectivity index (χ2v) is 4.88. The standard InChI is InChI=1S/C12H21N3O3/c1-10-12(17,3-6-18-10)9-13-7-11(16)8-15-5-2-4-14-15/h2,4-5,10-11,13,16-17H,3,6-9H2,1H3. The van der Waals surface area contributed by atoms with Crippen molar-refractivity contribution in [2.45, 2.75) is 37.7 Å². The molecule has 3 atom stereocenters. The van der Waals surface area contributed by atoms with Crippen molar-refractivity contribution in [1.82, 2.24) is 15.1 Å².